The van der Waals surface area contributed by atoms with Crippen molar-refractivity contribution in [3.05, 3.63) is 59.8 Å². The first kappa shape index (κ1) is 14.5. The van der Waals surface area contributed by atoms with E-state index in [2.05, 4.69) is 10.3 Å². The Morgan fingerprint density at radius 3 is 2.62 bits per heavy atom. The Labute approximate surface area is 121 Å². The van der Waals surface area contributed by atoms with Gasteiger partial charge in [0.15, 0.2) is 0 Å². The molecule has 0 aliphatic carbocycles. The van der Waals surface area contributed by atoms with E-state index in [1.54, 1.807) is 6.07 Å². The van der Waals surface area contributed by atoms with Gasteiger partial charge in [-0.2, -0.15) is 0 Å². The van der Waals surface area contributed by atoms with Gasteiger partial charge in [0.05, 0.1) is 0 Å². The molecule has 0 unspecified atom stereocenters. The summed E-state index contributed by atoms with van der Waals surface area (Å²) in [5, 5.41) is 10.8. The number of ether oxygens (including phenoxy) is 1. The maximum Gasteiger partial charge on any atom is 0.322 e. The summed E-state index contributed by atoms with van der Waals surface area (Å²) in [6, 6.07) is 12.6. The van der Waals surface area contributed by atoms with Crippen LogP contribution in [-0.2, 0) is 11.4 Å². The average molecular weight is 286 g/mol. The van der Waals surface area contributed by atoms with E-state index in [-0.39, 0.29) is 18.1 Å². The van der Waals surface area contributed by atoms with E-state index in [1.165, 1.54) is 12.3 Å². The van der Waals surface area contributed by atoms with E-state index in [1.807, 2.05) is 30.3 Å². The molecule has 1 heterocycles. The van der Waals surface area contributed by atoms with Crippen LogP contribution >= 0.6 is 0 Å². The fraction of sp³-hybridized carbons (Fsp3) is 0.133. The van der Waals surface area contributed by atoms with E-state index >= 15 is 0 Å². The summed E-state index contributed by atoms with van der Waals surface area (Å²) >= 11 is 0. The number of carboxylic acids is 1. The zero-order chi connectivity index (χ0) is 15.1. The Balaban J connectivity index is 2.06. The minimum absolute atomic E-state index is 0.171. The molecular formula is C15H14N2O4. The topological polar surface area (TPSA) is 88.5 Å². The number of carboxylic acid groups (broad SMARTS) is 1. The van der Waals surface area contributed by atoms with Gasteiger partial charge in [0.1, 0.15) is 18.7 Å². The summed E-state index contributed by atoms with van der Waals surface area (Å²) in [4.78, 5) is 26.4. The molecule has 0 fully saturated rings. The Morgan fingerprint density at radius 1 is 1.14 bits per heavy atom. The SMILES string of the molecule is O=C(O)CNC(=O)c1cccnc1OCc1ccccc1. The number of hydrogen-bond acceptors (Lipinski definition) is 4. The summed E-state index contributed by atoms with van der Waals surface area (Å²) in [5.41, 5.74) is 1.15. The van der Waals surface area contributed by atoms with Gasteiger partial charge in [0, 0.05) is 6.20 Å². The Bertz CT molecular complexity index is 629. The van der Waals surface area contributed by atoms with Gasteiger partial charge in [-0.15, -0.1) is 0 Å². The van der Waals surface area contributed by atoms with Crippen molar-refractivity contribution in [1.82, 2.24) is 10.3 Å². The smallest absolute Gasteiger partial charge is 0.322 e. The molecule has 0 bridgehead atoms. The number of amides is 1. The molecule has 0 radical (unpaired) electrons. The van der Waals surface area contributed by atoms with Gasteiger partial charge in [0.25, 0.3) is 5.91 Å². The standard InChI is InChI=1S/C15H14N2O4/c18-13(19)9-17-14(20)12-7-4-8-16-15(12)21-10-11-5-2-1-3-6-11/h1-8H,9-10H2,(H,17,20)(H,18,19). The molecule has 6 heteroatoms. The highest BCUT2D eigenvalue weighted by molar-refractivity contribution is 5.97. The van der Waals surface area contributed by atoms with E-state index in [4.69, 9.17) is 9.84 Å². The highest BCUT2D eigenvalue weighted by atomic mass is 16.5. The fourth-order valence-corrected chi connectivity index (χ4v) is 1.66. The highest BCUT2D eigenvalue weighted by Crippen LogP contribution is 2.15. The molecule has 2 rings (SSSR count). The summed E-state index contributed by atoms with van der Waals surface area (Å²) in [6.45, 7) is -0.178. The number of nitrogens with zero attached hydrogens (tertiary/aromatic N) is 1. The number of hydrogen-bond donors (Lipinski definition) is 2. The van der Waals surface area contributed by atoms with Gasteiger partial charge in [-0.25, -0.2) is 4.98 Å². The molecule has 1 amide bonds. The van der Waals surface area contributed by atoms with Crippen molar-refractivity contribution in [1.29, 1.82) is 0 Å². The van der Waals surface area contributed by atoms with Crippen molar-refractivity contribution >= 4 is 11.9 Å². The van der Waals surface area contributed by atoms with Crippen LogP contribution in [0.15, 0.2) is 48.7 Å². The van der Waals surface area contributed by atoms with Crippen LogP contribution in [-0.4, -0.2) is 28.5 Å². The van der Waals surface area contributed by atoms with Crippen LogP contribution in [0, 0.1) is 0 Å². The predicted octanol–water partition coefficient (Wildman–Crippen LogP) is 1.47. The molecule has 0 atom stereocenters. The molecule has 6 nitrogen and oxygen atoms in total. The van der Waals surface area contributed by atoms with Crippen LogP contribution in [0.5, 0.6) is 5.88 Å². The maximum atomic E-state index is 11.9. The third kappa shape index (κ3) is 4.31. The van der Waals surface area contributed by atoms with Crippen molar-refractivity contribution < 1.29 is 19.4 Å². The largest absolute Gasteiger partial charge is 0.480 e. The Morgan fingerprint density at radius 2 is 1.90 bits per heavy atom. The number of carbonyl (C=O) groups is 2. The molecule has 0 saturated heterocycles. The highest BCUT2D eigenvalue weighted by Gasteiger charge is 2.14. The third-order valence-corrected chi connectivity index (χ3v) is 2.63. The lowest BCUT2D eigenvalue weighted by Gasteiger charge is -2.09. The first-order valence-electron chi connectivity index (χ1n) is 6.28. The molecule has 2 aromatic rings. The number of nitrogens with one attached hydrogen (secondary N) is 1. The number of rotatable bonds is 6. The van der Waals surface area contributed by atoms with Crippen molar-refractivity contribution in [2.75, 3.05) is 6.54 Å². The lowest BCUT2D eigenvalue weighted by Crippen LogP contribution is -2.29. The molecule has 1 aromatic heterocycles. The van der Waals surface area contributed by atoms with Gasteiger partial charge in [-0.05, 0) is 17.7 Å². The number of aromatic nitrogens is 1. The van der Waals surface area contributed by atoms with E-state index < -0.39 is 18.4 Å². The minimum atomic E-state index is -1.11. The molecule has 0 aliphatic rings. The predicted molar refractivity (Wildman–Crippen MR) is 75.0 cm³/mol. The quantitative estimate of drug-likeness (QED) is 0.839. The molecule has 0 aliphatic heterocycles. The van der Waals surface area contributed by atoms with Crippen LogP contribution in [0.25, 0.3) is 0 Å². The van der Waals surface area contributed by atoms with Crippen molar-refractivity contribution in [2.45, 2.75) is 6.61 Å². The Hall–Kier alpha value is -2.89. The molecular weight excluding hydrogens is 272 g/mol. The molecule has 21 heavy (non-hydrogen) atoms. The van der Waals surface area contributed by atoms with Crippen LogP contribution in [0.3, 0.4) is 0 Å². The van der Waals surface area contributed by atoms with Crippen molar-refractivity contribution in [3.63, 3.8) is 0 Å². The molecule has 2 N–H and O–H groups in total. The minimum Gasteiger partial charge on any atom is -0.480 e. The zero-order valence-corrected chi connectivity index (χ0v) is 11.2. The molecule has 1 aromatic carbocycles. The van der Waals surface area contributed by atoms with E-state index in [0.717, 1.165) is 5.56 Å². The summed E-state index contributed by atoms with van der Waals surface area (Å²) < 4.78 is 5.53. The van der Waals surface area contributed by atoms with Gasteiger partial charge in [-0.3, -0.25) is 9.59 Å². The second-order valence-corrected chi connectivity index (χ2v) is 4.21. The van der Waals surface area contributed by atoms with Crippen LogP contribution in [0.2, 0.25) is 0 Å². The molecule has 0 saturated carbocycles. The first-order valence-corrected chi connectivity index (χ1v) is 6.28. The van der Waals surface area contributed by atoms with Crippen molar-refractivity contribution in [3.8, 4) is 5.88 Å². The van der Waals surface area contributed by atoms with Gasteiger partial charge in [0.2, 0.25) is 5.88 Å². The zero-order valence-electron chi connectivity index (χ0n) is 11.2. The van der Waals surface area contributed by atoms with Crippen LogP contribution in [0.1, 0.15) is 15.9 Å². The second-order valence-electron chi connectivity index (χ2n) is 4.21. The number of pyridine rings is 1. The van der Waals surface area contributed by atoms with Crippen LogP contribution in [0.4, 0.5) is 0 Å². The van der Waals surface area contributed by atoms with E-state index in [9.17, 15) is 9.59 Å². The molecule has 108 valence electrons. The maximum absolute atomic E-state index is 11.9. The van der Waals surface area contributed by atoms with Crippen LogP contribution < -0.4 is 10.1 Å². The van der Waals surface area contributed by atoms with Gasteiger partial charge < -0.3 is 15.2 Å². The second kappa shape index (κ2) is 7.04. The summed E-state index contributed by atoms with van der Waals surface area (Å²) in [5.74, 6) is -1.48. The monoisotopic (exact) mass is 286 g/mol. The third-order valence-electron chi connectivity index (χ3n) is 2.63. The number of benzene rings is 1. The first-order chi connectivity index (χ1) is 10.2. The lowest BCUT2D eigenvalue weighted by molar-refractivity contribution is -0.135. The normalized spacial score (nSPS) is 9.90. The summed E-state index contributed by atoms with van der Waals surface area (Å²) in [6.07, 6.45) is 1.51. The summed E-state index contributed by atoms with van der Waals surface area (Å²) in [7, 11) is 0. The fourth-order valence-electron chi connectivity index (χ4n) is 1.66. The van der Waals surface area contributed by atoms with Gasteiger partial charge in [-0.1, -0.05) is 30.3 Å². The number of carbonyl (C=O) groups excluding carboxylic acids is 1. The number of aliphatic carboxylic acids is 1. The lowest BCUT2D eigenvalue weighted by atomic mass is 10.2. The average Bonchev–Trinajstić information content (AvgIpc) is 2.52. The van der Waals surface area contributed by atoms with Gasteiger partial charge >= 0.3 is 5.97 Å². The molecule has 0 spiro atoms. The Kier molecular flexibility index (Phi) is 4.87. The van der Waals surface area contributed by atoms with Crippen molar-refractivity contribution in [2.24, 2.45) is 0 Å². The van der Waals surface area contributed by atoms with E-state index in [0.29, 0.717) is 0 Å².